The topological polar surface area (TPSA) is 13.1 Å². The van der Waals surface area contributed by atoms with E-state index >= 15 is 0 Å². The first-order chi connectivity index (χ1) is 11.8. The van der Waals surface area contributed by atoms with E-state index in [2.05, 4.69) is 73.7 Å². The maximum Gasteiger partial charge on any atom is 0.138 e. The van der Waals surface area contributed by atoms with Gasteiger partial charge in [0.2, 0.25) is 0 Å². The number of unbranched alkanes of at least 4 members (excludes halogenated alkanes) is 1. The van der Waals surface area contributed by atoms with Crippen molar-refractivity contribution < 1.29 is 4.42 Å². The minimum Gasteiger partial charge on any atom is -0.461 e. The standard InChI is InChI=1S/C23H24O/c1-3-4-13-21(17-19-11-7-5-8-12-19)23-22(16-18(2)24-23)20-14-9-6-10-15-20/h5-12,14-17H,3-4,13H2,1-2H3/b21-17-. The van der Waals surface area contributed by atoms with Crippen molar-refractivity contribution in [2.24, 2.45) is 0 Å². The van der Waals surface area contributed by atoms with Gasteiger partial charge in [-0.05, 0) is 48.6 Å². The molecule has 0 fully saturated rings. The highest BCUT2D eigenvalue weighted by Crippen LogP contribution is 2.35. The second kappa shape index (κ2) is 7.83. The molecule has 1 heterocycles. The average molecular weight is 316 g/mol. The van der Waals surface area contributed by atoms with Crippen LogP contribution in [0, 0.1) is 6.92 Å². The lowest BCUT2D eigenvalue weighted by molar-refractivity contribution is 0.519. The Bertz CT molecular complexity index is 795. The Balaban J connectivity index is 2.07. The van der Waals surface area contributed by atoms with Gasteiger partial charge in [0.05, 0.1) is 0 Å². The van der Waals surface area contributed by atoms with E-state index in [9.17, 15) is 0 Å². The molecule has 0 saturated heterocycles. The molecule has 1 heteroatoms. The highest BCUT2D eigenvalue weighted by molar-refractivity contribution is 5.87. The fraction of sp³-hybridized carbons (Fsp3) is 0.217. The molecule has 2 aromatic carbocycles. The van der Waals surface area contributed by atoms with Crippen molar-refractivity contribution in [2.75, 3.05) is 0 Å². The fourth-order valence-corrected chi connectivity index (χ4v) is 2.95. The van der Waals surface area contributed by atoms with Gasteiger partial charge in [-0.3, -0.25) is 0 Å². The second-order valence-electron chi connectivity index (χ2n) is 6.15. The zero-order chi connectivity index (χ0) is 16.8. The van der Waals surface area contributed by atoms with Crippen molar-refractivity contribution in [3.8, 4) is 11.1 Å². The molecule has 0 radical (unpaired) electrons. The lowest BCUT2D eigenvalue weighted by Gasteiger charge is -2.08. The fourth-order valence-electron chi connectivity index (χ4n) is 2.95. The molecular formula is C23H24O. The number of aryl methyl sites for hydroxylation is 1. The molecule has 0 amide bonds. The summed E-state index contributed by atoms with van der Waals surface area (Å²) in [6.07, 6.45) is 5.62. The Morgan fingerprint density at radius 1 is 0.958 bits per heavy atom. The zero-order valence-corrected chi connectivity index (χ0v) is 14.5. The molecule has 0 N–H and O–H groups in total. The van der Waals surface area contributed by atoms with Gasteiger partial charge in [-0.25, -0.2) is 0 Å². The Morgan fingerprint density at radius 3 is 2.29 bits per heavy atom. The normalized spacial score (nSPS) is 11.7. The number of rotatable bonds is 6. The van der Waals surface area contributed by atoms with Crippen LogP contribution in [-0.2, 0) is 0 Å². The van der Waals surface area contributed by atoms with E-state index in [0.29, 0.717) is 0 Å². The largest absolute Gasteiger partial charge is 0.461 e. The average Bonchev–Trinajstić information content (AvgIpc) is 3.02. The number of benzene rings is 2. The van der Waals surface area contributed by atoms with Crippen LogP contribution < -0.4 is 0 Å². The zero-order valence-electron chi connectivity index (χ0n) is 14.5. The molecule has 0 atom stereocenters. The molecule has 1 nitrogen and oxygen atoms in total. The number of hydrogen-bond acceptors (Lipinski definition) is 1. The quantitative estimate of drug-likeness (QED) is 0.478. The number of allylic oxidation sites excluding steroid dienone is 1. The Hall–Kier alpha value is -2.54. The van der Waals surface area contributed by atoms with E-state index in [1.165, 1.54) is 28.7 Å². The summed E-state index contributed by atoms with van der Waals surface area (Å²) < 4.78 is 6.13. The van der Waals surface area contributed by atoms with Crippen molar-refractivity contribution in [3.63, 3.8) is 0 Å². The molecule has 3 aromatic rings. The minimum absolute atomic E-state index is 0.958. The SMILES string of the molecule is CCCC/C(=C/c1ccccc1)c1oc(C)cc1-c1ccccc1. The van der Waals surface area contributed by atoms with E-state index in [1.54, 1.807) is 0 Å². The maximum absolute atomic E-state index is 6.13. The predicted octanol–water partition coefficient (Wildman–Crippen LogP) is 6.99. The summed E-state index contributed by atoms with van der Waals surface area (Å²) in [5, 5.41) is 0. The molecule has 24 heavy (non-hydrogen) atoms. The van der Waals surface area contributed by atoms with Gasteiger partial charge in [-0.1, -0.05) is 74.0 Å². The van der Waals surface area contributed by atoms with Gasteiger partial charge in [0.25, 0.3) is 0 Å². The van der Waals surface area contributed by atoms with Crippen molar-refractivity contribution in [3.05, 3.63) is 83.8 Å². The third-order valence-corrected chi connectivity index (χ3v) is 4.17. The molecule has 122 valence electrons. The summed E-state index contributed by atoms with van der Waals surface area (Å²) in [5.74, 6) is 1.97. The highest BCUT2D eigenvalue weighted by atomic mass is 16.3. The lowest BCUT2D eigenvalue weighted by Crippen LogP contribution is -1.87. The first-order valence-corrected chi connectivity index (χ1v) is 8.69. The van der Waals surface area contributed by atoms with Crippen molar-refractivity contribution >= 4 is 11.6 Å². The summed E-state index contributed by atoms with van der Waals surface area (Å²) >= 11 is 0. The number of hydrogen-bond donors (Lipinski definition) is 0. The first kappa shape index (κ1) is 16.3. The van der Waals surface area contributed by atoms with Crippen LogP contribution in [0.4, 0.5) is 0 Å². The summed E-state index contributed by atoms with van der Waals surface area (Å²) in [6, 6.07) is 23.1. The van der Waals surface area contributed by atoms with Gasteiger partial charge < -0.3 is 4.42 Å². The monoisotopic (exact) mass is 316 g/mol. The van der Waals surface area contributed by atoms with Gasteiger partial charge >= 0.3 is 0 Å². The van der Waals surface area contributed by atoms with Crippen LogP contribution in [0.5, 0.6) is 0 Å². The van der Waals surface area contributed by atoms with Crippen LogP contribution in [0.15, 0.2) is 71.1 Å². The van der Waals surface area contributed by atoms with Gasteiger partial charge in [-0.2, -0.15) is 0 Å². The molecule has 0 saturated carbocycles. The third-order valence-electron chi connectivity index (χ3n) is 4.17. The van der Waals surface area contributed by atoms with E-state index in [0.717, 1.165) is 24.4 Å². The van der Waals surface area contributed by atoms with Crippen LogP contribution in [-0.4, -0.2) is 0 Å². The van der Waals surface area contributed by atoms with Gasteiger partial charge in [0.15, 0.2) is 0 Å². The Morgan fingerprint density at radius 2 is 1.62 bits per heavy atom. The lowest BCUT2D eigenvalue weighted by atomic mass is 9.97. The second-order valence-corrected chi connectivity index (χ2v) is 6.15. The predicted molar refractivity (Wildman–Crippen MR) is 103 cm³/mol. The highest BCUT2D eigenvalue weighted by Gasteiger charge is 2.15. The molecule has 0 spiro atoms. The maximum atomic E-state index is 6.13. The van der Waals surface area contributed by atoms with Gasteiger partial charge in [-0.15, -0.1) is 0 Å². The van der Waals surface area contributed by atoms with Crippen molar-refractivity contribution in [1.82, 2.24) is 0 Å². The van der Waals surface area contributed by atoms with E-state index in [1.807, 2.05) is 13.0 Å². The summed E-state index contributed by atoms with van der Waals surface area (Å²) in [7, 11) is 0. The molecule has 0 unspecified atom stereocenters. The van der Waals surface area contributed by atoms with Crippen LogP contribution in [0.3, 0.4) is 0 Å². The van der Waals surface area contributed by atoms with Crippen molar-refractivity contribution in [2.45, 2.75) is 33.1 Å². The van der Waals surface area contributed by atoms with Crippen LogP contribution in [0.2, 0.25) is 0 Å². The third kappa shape index (κ3) is 3.86. The van der Waals surface area contributed by atoms with E-state index in [-0.39, 0.29) is 0 Å². The first-order valence-electron chi connectivity index (χ1n) is 8.69. The Kier molecular flexibility index (Phi) is 5.32. The molecule has 3 rings (SSSR count). The smallest absolute Gasteiger partial charge is 0.138 e. The number of furan rings is 1. The van der Waals surface area contributed by atoms with Gasteiger partial charge in [0.1, 0.15) is 11.5 Å². The van der Waals surface area contributed by atoms with E-state index < -0.39 is 0 Å². The summed E-state index contributed by atoms with van der Waals surface area (Å²) in [6.45, 7) is 4.25. The summed E-state index contributed by atoms with van der Waals surface area (Å²) in [5.41, 5.74) is 4.89. The van der Waals surface area contributed by atoms with Crippen LogP contribution in [0.1, 0.15) is 43.3 Å². The molecule has 0 bridgehead atoms. The van der Waals surface area contributed by atoms with Gasteiger partial charge in [0, 0.05) is 5.56 Å². The molecule has 0 aliphatic heterocycles. The molecule has 1 aromatic heterocycles. The summed E-state index contributed by atoms with van der Waals surface area (Å²) in [4.78, 5) is 0. The van der Waals surface area contributed by atoms with Crippen molar-refractivity contribution in [1.29, 1.82) is 0 Å². The minimum atomic E-state index is 0.958. The van der Waals surface area contributed by atoms with Crippen LogP contribution >= 0.6 is 0 Å². The molecule has 0 aliphatic rings. The Labute approximate surface area is 144 Å². The molecular weight excluding hydrogens is 292 g/mol. The van der Waals surface area contributed by atoms with Crippen LogP contribution in [0.25, 0.3) is 22.8 Å². The van der Waals surface area contributed by atoms with E-state index in [4.69, 9.17) is 4.42 Å². The molecule has 0 aliphatic carbocycles.